The van der Waals surface area contributed by atoms with Crippen LogP contribution in [0.2, 0.25) is 0 Å². The molecule has 1 spiro atoms. The van der Waals surface area contributed by atoms with Crippen molar-refractivity contribution in [3.8, 4) is 5.75 Å². The van der Waals surface area contributed by atoms with Crippen LogP contribution in [0.3, 0.4) is 0 Å². The van der Waals surface area contributed by atoms with Gasteiger partial charge in [0.1, 0.15) is 11.3 Å². The topological polar surface area (TPSA) is 76.2 Å². The highest BCUT2D eigenvalue weighted by Gasteiger charge is 2.53. The van der Waals surface area contributed by atoms with Crippen molar-refractivity contribution in [2.24, 2.45) is 0 Å². The third kappa shape index (κ3) is 3.34. The molecule has 152 valence electrons. The Morgan fingerprint density at radius 3 is 2.29 bits per heavy atom. The summed E-state index contributed by atoms with van der Waals surface area (Å²) in [5.74, 6) is -0.349. The molecule has 1 aromatic carbocycles. The second-order valence-electron chi connectivity index (χ2n) is 7.73. The number of rotatable bonds is 4. The lowest BCUT2D eigenvalue weighted by molar-refractivity contribution is -0.147. The lowest BCUT2D eigenvalue weighted by Crippen LogP contribution is -2.62. The monoisotopic (exact) mass is 388 g/mol. The quantitative estimate of drug-likeness (QED) is 0.741. The molecule has 1 unspecified atom stereocenters. The summed E-state index contributed by atoms with van der Waals surface area (Å²) in [4.78, 5) is 42.3. The molecule has 0 bridgehead atoms. The largest absolute Gasteiger partial charge is 0.497 e. The van der Waals surface area contributed by atoms with Crippen LogP contribution in [-0.4, -0.2) is 66.5 Å². The number of benzene rings is 1. The minimum absolute atomic E-state index is 0.0377. The van der Waals surface area contributed by atoms with E-state index in [0.29, 0.717) is 30.7 Å². The molecule has 2 amide bonds. The molecule has 28 heavy (non-hydrogen) atoms. The number of hydrogen-bond acceptors (Lipinski definition) is 5. The van der Waals surface area contributed by atoms with E-state index in [1.54, 1.807) is 11.0 Å². The predicted molar refractivity (Wildman–Crippen MR) is 103 cm³/mol. The normalized spacial score (nSPS) is 22.1. The molecule has 2 saturated heterocycles. The Bertz CT molecular complexity index is 791. The highest BCUT2D eigenvalue weighted by molar-refractivity contribution is 6.02. The van der Waals surface area contributed by atoms with Crippen LogP contribution in [0.25, 0.3) is 0 Å². The molecule has 2 heterocycles. The molecular weight excluding hydrogens is 360 g/mol. The molecule has 1 aromatic rings. The summed E-state index contributed by atoms with van der Waals surface area (Å²) in [7, 11) is 2.77. The zero-order valence-corrected chi connectivity index (χ0v) is 17.0. The average molecular weight is 388 g/mol. The van der Waals surface area contributed by atoms with Gasteiger partial charge >= 0.3 is 5.97 Å². The second kappa shape index (κ2) is 7.81. The molecule has 7 nitrogen and oxygen atoms in total. The summed E-state index contributed by atoms with van der Waals surface area (Å²) in [6.45, 7) is 5.26. The Hall–Kier alpha value is -2.57. The smallest absolute Gasteiger partial charge is 0.338 e. The predicted octanol–water partition coefficient (Wildman–Crippen LogP) is 2.49. The highest BCUT2D eigenvalue weighted by Crippen LogP contribution is 2.40. The van der Waals surface area contributed by atoms with Crippen molar-refractivity contribution < 1.29 is 23.9 Å². The summed E-state index contributed by atoms with van der Waals surface area (Å²) >= 11 is 0. The van der Waals surface area contributed by atoms with E-state index < -0.39 is 11.5 Å². The Balaban J connectivity index is 1.97. The van der Waals surface area contributed by atoms with Gasteiger partial charge in [-0.2, -0.15) is 0 Å². The van der Waals surface area contributed by atoms with Crippen LogP contribution in [0.15, 0.2) is 18.2 Å². The minimum Gasteiger partial charge on any atom is -0.497 e. The van der Waals surface area contributed by atoms with Crippen LogP contribution in [0.4, 0.5) is 0 Å². The van der Waals surface area contributed by atoms with Gasteiger partial charge in [0.05, 0.1) is 19.8 Å². The van der Waals surface area contributed by atoms with Crippen molar-refractivity contribution in [2.45, 2.75) is 51.1 Å². The van der Waals surface area contributed by atoms with Crippen LogP contribution in [0.5, 0.6) is 5.75 Å². The van der Waals surface area contributed by atoms with Gasteiger partial charge in [0.15, 0.2) is 0 Å². The number of esters is 1. The standard InChI is InChI=1S/C21H28N2O5/c1-14(2)22-9-5-7-21(20(22)26)8-6-10-23(21)18(24)15-11-16(19(25)28-4)13-17(12-15)27-3/h11-14H,5-10H2,1-4H3. The first-order chi connectivity index (χ1) is 13.3. The lowest BCUT2D eigenvalue weighted by Gasteiger charge is -2.46. The third-order valence-electron chi connectivity index (χ3n) is 5.82. The SMILES string of the molecule is COC(=O)c1cc(OC)cc(C(=O)N2CCCC23CCCN(C(C)C)C3=O)c1. The van der Waals surface area contributed by atoms with Crippen molar-refractivity contribution >= 4 is 17.8 Å². The van der Waals surface area contributed by atoms with Gasteiger partial charge in [0.25, 0.3) is 5.91 Å². The van der Waals surface area contributed by atoms with Crippen molar-refractivity contribution in [3.05, 3.63) is 29.3 Å². The number of nitrogens with zero attached hydrogens (tertiary/aromatic N) is 2. The van der Waals surface area contributed by atoms with Gasteiger partial charge in [-0.05, 0) is 57.7 Å². The fourth-order valence-corrected chi connectivity index (χ4v) is 4.40. The number of hydrogen-bond donors (Lipinski definition) is 0. The Kier molecular flexibility index (Phi) is 5.63. The summed E-state index contributed by atoms with van der Waals surface area (Å²) in [5, 5.41) is 0. The average Bonchev–Trinajstić information content (AvgIpc) is 3.12. The Labute approximate surface area is 165 Å². The fourth-order valence-electron chi connectivity index (χ4n) is 4.40. The number of ether oxygens (including phenoxy) is 2. The first-order valence-corrected chi connectivity index (χ1v) is 9.74. The summed E-state index contributed by atoms with van der Waals surface area (Å²) in [6.07, 6.45) is 3.01. The Morgan fingerprint density at radius 1 is 1.04 bits per heavy atom. The molecule has 0 saturated carbocycles. The molecule has 2 fully saturated rings. The number of likely N-dealkylation sites (tertiary alicyclic amines) is 2. The molecule has 0 radical (unpaired) electrons. The molecule has 0 N–H and O–H groups in total. The first-order valence-electron chi connectivity index (χ1n) is 9.74. The van der Waals surface area contributed by atoms with E-state index in [2.05, 4.69) is 0 Å². The van der Waals surface area contributed by atoms with Gasteiger partial charge in [-0.25, -0.2) is 4.79 Å². The molecule has 7 heteroatoms. The first kappa shape index (κ1) is 20.2. The van der Waals surface area contributed by atoms with E-state index >= 15 is 0 Å². The van der Waals surface area contributed by atoms with E-state index in [4.69, 9.17) is 9.47 Å². The van der Waals surface area contributed by atoms with Crippen LogP contribution >= 0.6 is 0 Å². The third-order valence-corrected chi connectivity index (χ3v) is 5.82. The van der Waals surface area contributed by atoms with E-state index in [1.807, 2.05) is 18.7 Å². The zero-order valence-electron chi connectivity index (χ0n) is 17.0. The summed E-state index contributed by atoms with van der Waals surface area (Å²) in [5.41, 5.74) is -0.207. The molecule has 2 aliphatic heterocycles. The van der Waals surface area contributed by atoms with Crippen molar-refractivity contribution in [2.75, 3.05) is 27.3 Å². The van der Waals surface area contributed by atoms with E-state index in [1.165, 1.54) is 26.4 Å². The fraction of sp³-hybridized carbons (Fsp3) is 0.571. The molecule has 1 atom stereocenters. The maximum Gasteiger partial charge on any atom is 0.338 e. The van der Waals surface area contributed by atoms with Gasteiger partial charge in [0, 0.05) is 24.7 Å². The summed E-state index contributed by atoms with van der Waals surface area (Å²) in [6, 6.07) is 4.75. The number of piperidine rings is 1. The van der Waals surface area contributed by atoms with Crippen LogP contribution in [0.1, 0.15) is 60.2 Å². The number of carbonyl (C=O) groups is 3. The number of carbonyl (C=O) groups excluding carboxylic acids is 3. The molecule has 0 aromatic heterocycles. The second-order valence-corrected chi connectivity index (χ2v) is 7.73. The van der Waals surface area contributed by atoms with Crippen molar-refractivity contribution in [3.63, 3.8) is 0 Å². The Morgan fingerprint density at radius 2 is 1.68 bits per heavy atom. The van der Waals surface area contributed by atoms with Gasteiger partial charge in [-0.15, -0.1) is 0 Å². The maximum atomic E-state index is 13.4. The van der Waals surface area contributed by atoms with Crippen LogP contribution in [-0.2, 0) is 9.53 Å². The minimum atomic E-state index is -0.784. The molecule has 0 aliphatic carbocycles. The summed E-state index contributed by atoms with van der Waals surface area (Å²) < 4.78 is 10.0. The lowest BCUT2D eigenvalue weighted by atomic mass is 9.84. The van der Waals surface area contributed by atoms with E-state index in [9.17, 15) is 14.4 Å². The number of amides is 2. The molecule has 2 aliphatic rings. The van der Waals surface area contributed by atoms with Crippen LogP contribution < -0.4 is 4.74 Å². The van der Waals surface area contributed by atoms with Crippen molar-refractivity contribution in [1.29, 1.82) is 0 Å². The zero-order chi connectivity index (χ0) is 20.5. The van der Waals surface area contributed by atoms with Crippen LogP contribution in [0, 0.1) is 0 Å². The van der Waals surface area contributed by atoms with Crippen molar-refractivity contribution in [1.82, 2.24) is 9.80 Å². The molecule has 3 rings (SSSR count). The maximum absolute atomic E-state index is 13.4. The van der Waals surface area contributed by atoms with Gasteiger partial charge in [-0.3, -0.25) is 9.59 Å². The van der Waals surface area contributed by atoms with Gasteiger partial charge < -0.3 is 19.3 Å². The molecular formula is C21H28N2O5. The highest BCUT2D eigenvalue weighted by atomic mass is 16.5. The van der Waals surface area contributed by atoms with Gasteiger partial charge in [0.2, 0.25) is 5.91 Å². The number of methoxy groups -OCH3 is 2. The van der Waals surface area contributed by atoms with E-state index in [0.717, 1.165) is 19.4 Å². The van der Waals surface area contributed by atoms with Gasteiger partial charge in [-0.1, -0.05) is 0 Å². The van der Waals surface area contributed by atoms with E-state index in [-0.39, 0.29) is 23.4 Å².